The molecule has 154 valence electrons. The van der Waals surface area contributed by atoms with Crippen LogP contribution in [0.3, 0.4) is 0 Å². The smallest absolute Gasteiger partial charge is 0.253 e. The summed E-state index contributed by atoms with van der Waals surface area (Å²) < 4.78 is 24.9. The van der Waals surface area contributed by atoms with E-state index in [9.17, 15) is 18.0 Å². The van der Waals surface area contributed by atoms with E-state index in [-0.39, 0.29) is 11.8 Å². The molecule has 1 heterocycles. The second kappa shape index (κ2) is 8.84. The maximum atomic E-state index is 12.8. The van der Waals surface area contributed by atoms with E-state index >= 15 is 0 Å². The number of benzene rings is 2. The summed E-state index contributed by atoms with van der Waals surface area (Å²) in [6.07, 6.45) is 1.74. The fourth-order valence-corrected chi connectivity index (χ4v) is 3.96. The van der Waals surface area contributed by atoms with Crippen molar-refractivity contribution >= 4 is 39.1 Å². The maximum Gasteiger partial charge on any atom is 0.253 e. The highest BCUT2D eigenvalue weighted by Gasteiger charge is 2.23. The second-order valence-electron chi connectivity index (χ2n) is 6.90. The molecular weight excluding hydrogens is 414 g/mol. The lowest BCUT2D eigenvalue weighted by Crippen LogP contribution is -2.37. The van der Waals surface area contributed by atoms with Crippen LogP contribution < -0.4 is 4.72 Å². The molecule has 0 atom stereocenters. The SMILES string of the molecule is CS(=O)(=O)Nc1ccc(C(=O)N2CCCN(C(=O)c3cccc(Cl)c3)CC2)cc1. The summed E-state index contributed by atoms with van der Waals surface area (Å²) in [4.78, 5) is 29.0. The summed E-state index contributed by atoms with van der Waals surface area (Å²) >= 11 is 5.98. The molecule has 9 heteroatoms. The molecule has 1 aliphatic heterocycles. The van der Waals surface area contributed by atoms with Crippen molar-refractivity contribution in [1.29, 1.82) is 0 Å². The number of hydrogen-bond acceptors (Lipinski definition) is 4. The Morgan fingerprint density at radius 3 is 2.03 bits per heavy atom. The molecular formula is C20H22ClN3O4S. The Bertz CT molecular complexity index is 1010. The number of rotatable bonds is 4. The van der Waals surface area contributed by atoms with Crippen molar-refractivity contribution in [3.63, 3.8) is 0 Å². The van der Waals surface area contributed by atoms with Gasteiger partial charge in [0.25, 0.3) is 11.8 Å². The van der Waals surface area contributed by atoms with Gasteiger partial charge in [0, 0.05) is 48.0 Å². The third-order valence-electron chi connectivity index (χ3n) is 4.58. The van der Waals surface area contributed by atoms with Crippen molar-refractivity contribution in [3.05, 3.63) is 64.7 Å². The van der Waals surface area contributed by atoms with Crippen LogP contribution in [0.2, 0.25) is 5.02 Å². The highest BCUT2D eigenvalue weighted by molar-refractivity contribution is 7.92. The van der Waals surface area contributed by atoms with Crippen LogP contribution in [0.5, 0.6) is 0 Å². The fourth-order valence-electron chi connectivity index (χ4n) is 3.21. The zero-order chi connectivity index (χ0) is 21.0. The van der Waals surface area contributed by atoms with Crippen LogP contribution in [0.25, 0.3) is 0 Å². The van der Waals surface area contributed by atoms with Crippen molar-refractivity contribution in [3.8, 4) is 0 Å². The number of halogens is 1. The van der Waals surface area contributed by atoms with Gasteiger partial charge in [-0.2, -0.15) is 0 Å². The standard InChI is InChI=1S/C20H22ClN3O4S/c1-29(27,28)22-18-8-6-15(7-9-18)19(25)23-10-3-11-24(13-12-23)20(26)16-4-2-5-17(21)14-16/h2,4-9,14,22H,3,10-13H2,1H3. The molecule has 7 nitrogen and oxygen atoms in total. The number of carbonyl (C=O) groups is 2. The van der Waals surface area contributed by atoms with Gasteiger partial charge in [0.1, 0.15) is 0 Å². The molecule has 2 amide bonds. The van der Waals surface area contributed by atoms with Gasteiger partial charge < -0.3 is 9.80 Å². The minimum atomic E-state index is -3.37. The Labute approximate surface area is 175 Å². The summed E-state index contributed by atoms with van der Waals surface area (Å²) in [6.45, 7) is 1.97. The largest absolute Gasteiger partial charge is 0.337 e. The third-order valence-corrected chi connectivity index (χ3v) is 5.42. The molecule has 0 spiro atoms. The molecule has 1 saturated heterocycles. The van der Waals surface area contributed by atoms with Crippen molar-refractivity contribution in [2.24, 2.45) is 0 Å². The average molecular weight is 436 g/mol. The molecule has 0 unspecified atom stereocenters. The van der Waals surface area contributed by atoms with Crippen LogP contribution in [-0.4, -0.2) is 62.5 Å². The summed E-state index contributed by atoms with van der Waals surface area (Å²) in [5.74, 6) is -0.244. The van der Waals surface area contributed by atoms with E-state index in [0.29, 0.717) is 54.4 Å². The molecule has 0 radical (unpaired) electrons. The highest BCUT2D eigenvalue weighted by Crippen LogP contribution is 2.17. The zero-order valence-corrected chi connectivity index (χ0v) is 17.5. The van der Waals surface area contributed by atoms with E-state index in [4.69, 9.17) is 11.6 Å². The molecule has 1 N–H and O–H groups in total. The monoisotopic (exact) mass is 435 g/mol. The Hall–Kier alpha value is -2.58. The molecule has 0 saturated carbocycles. The van der Waals surface area contributed by atoms with Crippen LogP contribution in [0, 0.1) is 0 Å². The first-order valence-electron chi connectivity index (χ1n) is 9.15. The molecule has 1 aliphatic rings. The number of carbonyl (C=O) groups excluding carboxylic acids is 2. The highest BCUT2D eigenvalue weighted by atomic mass is 35.5. The van der Waals surface area contributed by atoms with Crippen molar-refractivity contribution in [2.45, 2.75) is 6.42 Å². The van der Waals surface area contributed by atoms with Gasteiger partial charge in [-0.05, 0) is 48.9 Å². The molecule has 2 aromatic rings. The molecule has 0 bridgehead atoms. The number of amides is 2. The van der Waals surface area contributed by atoms with Gasteiger partial charge in [-0.3, -0.25) is 14.3 Å². The predicted molar refractivity (Wildman–Crippen MR) is 113 cm³/mol. The summed E-state index contributed by atoms with van der Waals surface area (Å²) in [5.41, 5.74) is 1.41. The van der Waals surface area contributed by atoms with Gasteiger partial charge >= 0.3 is 0 Å². The number of sulfonamides is 1. The summed E-state index contributed by atoms with van der Waals surface area (Å²) in [6, 6.07) is 13.1. The average Bonchev–Trinajstić information content (AvgIpc) is 2.92. The third kappa shape index (κ3) is 5.71. The van der Waals surface area contributed by atoms with Gasteiger partial charge in [0.05, 0.1) is 6.26 Å². The van der Waals surface area contributed by atoms with Crippen LogP contribution in [0.4, 0.5) is 5.69 Å². The molecule has 0 aromatic heterocycles. The lowest BCUT2D eigenvalue weighted by Gasteiger charge is -2.22. The van der Waals surface area contributed by atoms with E-state index in [1.54, 1.807) is 58.3 Å². The molecule has 2 aromatic carbocycles. The predicted octanol–water partition coefficient (Wildman–Crippen LogP) is 2.70. The van der Waals surface area contributed by atoms with Crippen LogP contribution in [0.15, 0.2) is 48.5 Å². The molecule has 0 aliphatic carbocycles. The topological polar surface area (TPSA) is 86.8 Å². The van der Waals surface area contributed by atoms with E-state index in [0.717, 1.165) is 6.26 Å². The minimum absolute atomic E-state index is 0.0991. The lowest BCUT2D eigenvalue weighted by atomic mass is 10.2. The summed E-state index contributed by atoms with van der Waals surface area (Å²) in [5, 5.41) is 0.510. The van der Waals surface area contributed by atoms with Gasteiger partial charge in [-0.25, -0.2) is 8.42 Å². The van der Waals surface area contributed by atoms with Gasteiger partial charge in [-0.15, -0.1) is 0 Å². The van der Waals surface area contributed by atoms with Crippen LogP contribution >= 0.6 is 11.6 Å². The van der Waals surface area contributed by atoms with Crippen molar-refractivity contribution in [2.75, 3.05) is 37.2 Å². The van der Waals surface area contributed by atoms with Crippen molar-refractivity contribution < 1.29 is 18.0 Å². The van der Waals surface area contributed by atoms with Crippen LogP contribution in [0.1, 0.15) is 27.1 Å². The lowest BCUT2D eigenvalue weighted by molar-refractivity contribution is 0.0719. The van der Waals surface area contributed by atoms with Crippen LogP contribution in [-0.2, 0) is 10.0 Å². The zero-order valence-electron chi connectivity index (χ0n) is 16.0. The number of nitrogens with zero attached hydrogens (tertiary/aromatic N) is 2. The molecule has 29 heavy (non-hydrogen) atoms. The van der Waals surface area contributed by atoms with Crippen molar-refractivity contribution in [1.82, 2.24) is 9.80 Å². The minimum Gasteiger partial charge on any atom is -0.337 e. The molecule has 3 rings (SSSR count). The first-order valence-corrected chi connectivity index (χ1v) is 11.4. The van der Waals surface area contributed by atoms with E-state index in [1.807, 2.05) is 0 Å². The van der Waals surface area contributed by atoms with E-state index in [2.05, 4.69) is 4.72 Å². The Kier molecular flexibility index (Phi) is 6.44. The number of hydrogen-bond donors (Lipinski definition) is 1. The molecule has 1 fully saturated rings. The van der Waals surface area contributed by atoms with Gasteiger partial charge in [0.2, 0.25) is 10.0 Å². The van der Waals surface area contributed by atoms with E-state index in [1.165, 1.54) is 0 Å². The van der Waals surface area contributed by atoms with E-state index < -0.39 is 10.0 Å². The Balaban J connectivity index is 1.64. The Morgan fingerprint density at radius 1 is 0.897 bits per heavy atom. The first-order chi connectivity index (χ1) is 13.7. The number of anilines is 1. The summed E-state index contributed by atoms with van der Waals surface area (Å²) in [7, 11) is -3.37. The quantitative estimate of drug-likeness (QED) is 0.799. The second-order valence-corrected chi connectivity index (χ2v) is 9.08. The van der Waals surface area contributed by atoms with Gasteiger partial charge in [-0.1, -0.05) is 17.7 Å². The number of nitrogens with one attached hydrogen (secondary N) is 1. The maximum absolute atomic E-state index is 12.8. The Morgan fingerprint density at radius 2 is 1.48 bits per heavy atom. The fraction of sp³-hybridized carbons (Fsp3) is 0.300. The van der Waals surface area contributed by atoms with Gasteiger partial charge in [0.15, 0.2) is 0 Å². The first kappa shape index (κ1) is 21.1. The normalized spacial score (nSPS) is 15.0.